The van der Waals surface area contributed by atoms with Gasteiger partial charge in [-0.05, 0) is 49.3 Å². The van der Waals surface area contributed by atoms with E-state index >= 15 is 0 Å². The molecule has 1 unspecified atom stereocenters. The molecular formula is C24H32N4O3S. The zero-order valence-electron chi connectivity index (χ0n) is 19.3. The van der Waals surface area contributed by atoms with Crippen LogP contribution in [-0.2, 0) is 4.79 Å². The number of carbonyl (C=O) groups is 1. The van der Waals surface area contributed by atoms with Gasteiger partial charge >= 0.3 is 0 Å². The molecule has 172 valence electrons. The number of benzene rings is 1. The van der Waals surface area contributed by atoms with Gasteiger partial charge in [-0.3, -0.25) is 4.79 Å². The number of methoxy groups -OCH3 is 1. The average molecular weight is 457 g/mol. The fraction of sp³-hybridized carbons (Fsp3) is 0.542. The van der Waals surface area contributed by atoms with Gasteiger partial charge in [-0.2, -0.15) is 4.98 Å². The van der Waals surface area contributed by atoms with Gasteiger partial charge in [0.05, 0.1) is 13.7 Å². The van der Waals surface area contributed by atoms with Crippen LogP contribution in [0.15, 0.2) is 34.6 Å². The molecule has 1 aliphatic carbocycles. The van der Waals surface area contributed by atoms with Crippen LogP contribution < -0.4 is 14.8 Å². The van der Waals surface area contributed by atoms with Gasteiger partial charge in [0.25, 0.3) is 0 Å². The van der Waals surface area contributed by atoms with Crippen molar-refractivity contribution in [3.8, 4) is 11.5 Å². The van der Waals surface area contributed by atoms with E-state index in [1.807, 2.05) is 22.9 Å². The summed E-state index contributed by atoms with van der Waals surface area (Å²) in [5.41, 5.74) is 2.70. The summed E-state index contributed by atoms with van der Waals surface area (Å²) in [6, 6.07) is 5.60. The van der Waals surface area contributed by atoms with Crippen molar-refractivity contribution in [1.82, 2.24) is 14.8 Å². The molecule has 1 aliphatic heterocycles. The fourth-order valence-electron chi connectivity index (χ4n) is 4.08. The highest BCUT2D eigenvalue weighted by atomic mass is 32.2. The molecular weight excluding hydrogens is 424 g/mol. The van der Waals surface area contributed by atoms with Gasteiger partial charge in [-0.25, -0.2) is 4.68 Å². The molecule has 0 bridgehead atoms. The Bertz CT molecular complexity index is 1010. The van der Waals surface area contributed by atoms with E-state index in [4.69, 9.17) is 19.6 Å². The van der Waals surface area contributed by atoms with E-state index < -0.39 is 0 Å². The molecule has 1 N–H and O–H groups in total. The van der Waals surface area contributed by atoms with Gasteiger partial charge in [0.1, 0.15) is 6.04 Å². The second-order valence-electron chi connectivity index (χ2n) is 8.65. The minimum Gasteiger partial charge on any atom is -0.493 e. The van der Waals surface area contributed by atoms with Crippen molar-refractivity contribution in [2.75, 3.05) is 24.8 Å². The third-order valence-corrected chi connectivity index (χ3v) is 6.78. The summed E-state index contributed by atoms with van der Waals surface area (Å²) in [7, 11) is 1.65. The Labute approximate surface area is 194 Å². The highest BCUT2D eigenvalue weighted by Gasteiger charge is 2.37. The first-order valence-electron chi connectivity index (χ1n) is 11.4. The number of rotatable bonds is 9. The van der Waals surface area contributed by atoms with Gasteiger partial charge in [0.15, 0.2) is 17.3 Å². The van der Waals surface area contributed by atoms with Gasteiger partial charge in [0, 0.05) is 23.4 Å². The molecule has 2 aromatic rings. The molecule has 4 rings (SSSR count). The molecule has 0 fully saturated rings. The molecule has 32 heavy (non-hydrogen) atoms. The number of Topliss-reactive ketones (excluding diaryl/α,β-unsaturated/α-hetero) is 1. The minimum atomic E-state index is -0.323. The van der Waals surface area contributed by atoms with Crippen LogP contribution in [0.2, 0.25) is 0 Å². The maximum atomic E-state index is 13.0. The highest BCUT2D eigenvalue weighted by Crippen LogP contribution is 2.42. The Hall–Kier alpha value is -2.48. The van der Waals surface area contributed by atoms with Crippen LogP contribution >= 0.6 is 11.8 Å². The predicted molar refractivity (Wildman–Crippen MR) is 127 cm³/mol. The van der Waals surface area contributed by atoms with Crippen molar-refractivity contribution >= 4 is 23.5 Å². The number of ether oxygens (including phenoxy) is 2. The first-order valence-corrected chi connectivity index (χ1v) is 12.4. The topological polar surface area (TPSA) is 78.3 Å². The highest BCUT2D eigenvalue weighted by molar-refractivity contribution is 7.99. The maximum absolute atomic E-state index is 13.0. The molecule has 1 atom stereocenters. The van der Waals surface area contributed by atoms with Crippen LogP contribution in [0.4, 0.5) is 5.95 Å². The smallest absolute Gasteiger partial charge is 0.227 e. The van der Waals surface area contributed by atoms with E-state index in [1.54, 1.807) is 18.9 Å². The van der Waals surface area contributed by atoms with Crippen molar-refractivity contribution in [1.29, 1.82) is 0 Å². The molecule has 2 aliphatic rings. The summed E-state index contributed by atoms with van der Waals surface area (Å²) in [5.74, 6) is 3.77. The number of hydrogen-bond acceptors (Lipinski definition) is 7. The van der Waals surface area contributed by atoms with Crippen LogP contribution in [-0.4, -0.2) is 40.0 Å². The van der Waals surface area contributed by atoms with Crippen molar-refractivity contribution in [2.45, 2.75) is 64.1 Å². The van der Waals surface area contributed by atoms with E-state index in [0.717, 1.165) is 53.4 Å². The number of allylic oxidation sites excluding steroid dienone is 2. The summed E-state index contributed by atoms with van der Waals surface area (Å²) in [6.45, 7) is 7.13. The van der Waals surface area contributed by atoms with Crippen LogP contribution in [0.25, 0.3) is 0 Å². The third kappa shape index (κ3) is 4.65. The predicted octanol–water partition coefficient (Wildman–Crippen LogP) is 5.24. The number of carbonyl (C=O) groups excluding carboxylic acids is 1. The fourth-order valence-corrected chi connectivity index (χ4v) is 4.76. The second-order valence-corrected chi connectivity index (χ2v) is 9.71. The normalized spacial score (nSPS) is 17.8. The Morgan fingerprint density at radius 2 is 2.12 bits per heavy atom. The first kappa shape index (κ1) is 22.7. The van der Waals surface area contributed by atoms with Crippen molar-refractivity contribution in [3.63, 3.8) is 0 Å². The lowest BCUT2D eigenvalue weighted by molar-refractivity contribution is -0.116. The Morgan fingerprint density at radius 3 is 2.88 bits per heavy atom. The number of nitrogens with one attached hydrogen (secondary N) is 1. The molecule has 1 aromatic heterocycles. The van der Waals surface area contributed by atoms with E-state index in [1.165, 1.54) is 0 Å². The van der Waals surface area contributed by atoms with Crippen LogP contribution in [0.3, 0.4) is 0 Å². The van der Waals surface area contributed by atoms with Crippen LogP contribution in [0.1, 0.15) is 64.5 Å². The monoisotopic (exact) mass is 456 g/mol. The molecule has 0 radical (unpaired) electrons. The molecule has 0 spiro atoms. The second kappa shape index (κ2) is 9.98. The lowest BCUT2D eigenvalue weighted by Crippen LogP contribution is -2.31. The summed E-state index contributed by atoms with van der Waals surface area (Å²) >= 11 is 1.64. The number of aromatic nitrogens is 3. The number of ketones is 1. The average Bonchev–Trinajstić information content (AvgIpc) is 3.19. The summed E-state index contributed by atoms with van der Waals surface area (Å²) in [4.78, 5) is 17.7. The number of fused-ring (bicyclic) bond motifs is 1. The van der Waals surface area contributed by atoms with Gasteiger partial charge in [0.2, 0.25) is 11.1 Å². The zero-order chi connectivity index (χ0) is 22.7. The van der Waals surface area contributed by atoms with E-state index in [0.29, 0.717) is 36.4 Å². The number of hydrogen-bond donors (Lipinski definition) is 1. The maximum Gasteiger partial charge on any atom is 0.227 e. The summed E-state index contributed by atoms with van der Waals surface area (Å²) in [6.07, 6.45) is 4.29. The van der Waals surface area contributed by atoms with E-state index in [-0.39, 0.29) is 11.8 Å². The van der Waals surface area contributed by atoms with Crippen molar-refractivity contribution in [2.24, 2.45) is 5.92 Å². The number of thioether (sulfide) groups is 1. The minimum absolute atomic E-state index is 0.170. The Balaban J connectivity index is 1.72. The zero-order valence-corrected chi connectivity index (χ0v) is 20.1. The van der Waals surface area contributed by atoms with E-state index in [9.17, 15) is 4.79 Å². The van der Waals surface area contributed by atoms with Crippen LogP contribution in [0.5, 0.6) is 11.5 Å². The first-order chi connectivity index (χ1) is 15.5. The largest absolute Gasteiger partial charge is 0.493 e. The van der Waals surface area contributed by atoms with E-state index in [2.05, 4.69) is 26.1 Å². The lowest BCUT2D eigenvalue weighted by atomic mass is 9.85. The number of anilines is 1. The molecule has 2 heterocycles. The molecule has 1 aromatic carbocycles. The Kier molecular flexibility index (Phi) is 7.08. The standard InChI is InChI=1S/C24H32N4O3S/c1-5-13-32-24-26-23-25-17-7-6-8-18(29)21(17)22(28(23)27-24)16-9-10-19(20(14-16)30-4)31-12-11-15(2)3/h9-10,14-15,22H,5-8,11-13H2,1-4H3,(H,25,26,27). The van der Waals surface area contributed by atoms with Gasteiger partial charge < -0.3 is 14.8 Å². The Morgan fingerprint density at radius 1 is 1.28 bits per heavy atom. The molecule has 8 heteroatoms. The van der Waals surface area contributed by atoms with Crippen molar-refractivity contribution < 1.29 is 14.3 Å². The van der Waals surface area contributed by atoms with Crippen LogP contribution in [0, 0.1) is 5.92 Å². The summed E-state index contributed by atoms with van der Waals surface area (Å²) in [5, 5.41) is 8.88. The molecule has 7 nitrogen and oxygen atoms in total. The van der Waals surface area contributed by atoms with Gasteiger partial charge in [-0.1, -0.05) is 38.6 Å². The van der Waals surface area contributed by atoms with Gasteiger partial charge in [-0.15, -0.1) is 5.10 Å². The quantitative estimate of drug-likeness (QED) is 0.517. The SMILES string of the molecule is CCCSc1nc2n(n1)C(c1ccc(OCCC(C)C)c(OC)c1)C1=C(CCCC1=O)N2. The molecule has 0 saturated heterocycles. The number of nitrogens with zero attached hydrogens (tertiary/aromatic N) is 3. The lowest BCUT2D eigenvalue weighted by Gasteiger charge is -2.32. The molecule has 0 saturated carbocycles. The third-order valence-electron chi connectivity index (χ3n) is 5.74. The molecule has 0 amide bonds. The summed E-state index contributed by atoms with van der Waals surface area (Å²) < 4.78 is 13.5. The van der Waals surface area contributed by atoms with Crippen molar-refractivity contribution in [3.05, 3.63) is 35.0 Å².